The van der Waals surface area contributed by atoms with Crippen LogP contribution >= 0.6 is 0 Å². The molecule has 0 spiro atoms. The number of urea groups is 1. The monoisotopic (exact) mass is 432 g/mol. The maximum atomic E-state index is 11.9. The largest absolute Gasteiger partial charge is 0.481 e. The van der Waals surface area contributed by atoms with Gasteiger partial charge in [-0.05, 0) is 25.8 Å². The summed E-state index contributed by atoms with van der Waals surface area (Å²) in [6.45, 7) is 0.321. The molecular formula is C17H28N4O9. The van der Waals surface area contributed by atoms with Crippen molar-refractivity contribution in [3.63, 3.8) is 0 Å². The molecule has 0 aliphatic carbocycles. The molecular weight excluding hydrogens is 404 g/mol. The molecule has 0 saturated heterocycles. The minimum absolute atomic E-state index is 0.0230. The Morgan fingerprint density at radius 1 is 0.800 bits per heavy atom. The Hall–Kier alpha value is -3.22. The second-order valence-electron chi connectivity index (χ2n) is 6.42. The van der Waals surface area contributed by atoms with Crippen LogP contribution in [0.2, 0.25) is 0 Å². The first-order valence-corrected chi connectivity index (χ1v) is 9.29. The number of nitrogens with two attached hydrogens (primary N) is 1. The summed E-state index contributed by atoms with van der Waals surface area (Å²) in [6, 6.07) is -3.66. The van der Waals surface area contributed by atoms with Crippen molar-refractivity contribution in [2.45, 2.75) is 57.0 Å². The highest BCUT2D eigenvalue weighted by Gasteiger charge is 2.23. The molecule has 0 aromatic carbocycles. The Kier molecular flexibility index (Phi) is 13.2. The van der Waals surface area contributed by atoms with Crippen molar-refractivity contribution in [2.24, 2.45) is 5.73 Å². The molecule has 0 aromatic heterocycles. The molecule has 0 fully saturated rings. The summed E-state index contributed by atoms with van der Waals surface area (Å²) in [5, 5.41) is 33.2. The van der Waals surface area contributed by atoms with Crippen LogP contribution in [0, 0.1) is 0 Å². The second kappa shape index (κ2) is 14.7. The smallest absolute Gasteiger partial charge is 0.326 e. The van der Waals surface area contributed by atoms with Gasteiger partial charge in [-0.15, -0.1) is 0 Å². The summed E-state index contributed by atoms with van der Waals surface area (Å²) in [4.78, 5) is 67.6. The molecule has 0 bridgehead atoms. The number of aliphatic carboxylic acids is 3. The number of carboxylic acids is 3. The van der Waals surface area contributed by atoms with Crippen molar-refractivity contribution in [3.8, 4) is 0 Å². The minimum Gasteiger partial charge on any atom is -0.481 e. The standard InChI is InChI=1S/C17H28N4O9/c18-7-1-4-13(23)20-11(15(26)27)6-5-10(22)3-2-8-19-17(30)21-12(16(28)29)9-14(24)25/h11-12H,1-9,18H2,(H,20,23)(H,24,25)(H,26,27)(H,28,29)(H2,19,21,30)/t11-,12-/m0/s1. The first-order valence-electron chi connectivity index (χ1n) is 9.29. The summed E-state index contributed by atoms with van der Waals surface area (Å²) in [5.74, 6) is -4.86. The highest BCUT2D eigenvalue weighted by atomic mass is 16.4. The van der Waals surface area contributed by atoms with Gasteiger partial charge in [0, 0.05) is 25.8 Å². The van der Waals surface area contributed by atoms with Crippen LogP contribution in [0.25, 0.3) is 0 Å². The van der Waals surface area contributed by atoms with E-state index >= 15 is 0 Å². The molecule has 170 valence electrons. The average molecular weight is 432 g/mol. The van der Waals surface area contributed by atoms with Crippen molar-refractivity contribution < 1.29 is 44.1 Å². The lowest BCUT2D eigenvalue weighted by molar-refractivity contribution is -0.145. The Morgan fingerprint density at radius 3 is 1.97 bits per heavy atom. The molecule has 0 radical (unpaired) electrons. The Morgan fingerprint density at radius 2 is 1.43 bits per heavy atom. The zero-order chi connectivity index (χ0) is 23.1. The van der Waals surface area contributed by atoms with E-state index in [1.807, 2.05) is 5.32 Å². The zero-order valence-electron chi connectivity index (χ0n) is 16.4. The predicted octanol–water partition coefficient (Wildman–Crippen LogP) is -1.35. The van der Waals surface area contributed by atoms with Gasteiger partial charge in [-0.2, -0.15) is 0 Å². The van der Waals surface area contributed by atoms with Gasteiger partial charge in [0.25, 0.3) is 0 Å². The highest BCUT2D eigenvalue weighted by Crippen LogP contribution is 2.04. The summed E-state index contributed by atoms with van der Waals surface area (Å²) < 4.78 is 0. The van der Waals surface area contributed by atoms with Crippen LogP contribution < -0.4 is 21.7 Å². The molecule has 0 aromatic rings. The van der Waals surface area contributed by atoms with E-state index in [1.54, 1.807) is 0 Å². The van der Waals surface area contributed by atoms with Crippen molar-refractivity contribution in [3.05, 3.63) is 0 Å². The molecule has 30 heavy (non-hydrogen) atoms. The topological polar surface area (TPSA) is 225 Å². The normalized spacial score (nSPS) is 12.3. The second-order valence-corrected chi connectivity index (χ2v) is 6.42. The van der Waals surface area contributed by atoms with Crippen molar-refractivity contribution in [1.82, 2.24) is 16.0 Å². The van der Waals surface area contributed by atoms with E-state index in [2.05, 4.69) is 10.6 Å². The number of nitrogens with one attached hydrogen (secondary N) is 3. The molecule has 3 amide bonds. The molecule has 0 aliphatic heterocycles. The molecule has 0 unspecified atom stereocenters. The van der Waals surface area contributed by atoms with E-state index in [0.717, 1.165) is 0 Å². The predicted molar refractivity (Wildman–Crippen MR) is 102 cm³/mol. The Bertz CT molecular complexity index is 639. The number of hydrogen-bond donors (Lipinski definition) is 7. The summed E-state index contributed by atoms with van der Waals surface area (Å²) in [5.41, 5.74) is 5.28. The van der Waals surface area contributed by atoms with Gasteiger partial charge in [0.15, 0.2) is 0 Å². The van der Waals surface area contributed by atoms with E-state index in [-0.39, 0.29) is 44.4 Å². The van der Waals surface area contributed by atoms with Crippen LogP contribution in [0.4, 0.5) is 4.79 Å². The molecule has 2 atom stereocenters. The van der Waals surface area contributed by atoms with Gasteiger partial charge in [-0.25, -0.2) is 14.4 Å². The van der Waals surface area contributed by atoms with Crippen LogP contribution in [0.15, 0.2) is 0 Å². The van der Waals surface area contributed by atoms with E-state index in [9.17, 15) is 28.8 Å². The molecule has 8 N–H and O–H groups in total. The van der Waals surface area contributed by atoms with Gasteiger partial charge in [0.2, 0.25) is 5.91 Å². The van der Waals surface area contributed by atoms with Gasteiger partial charge < -0.3 is 37.0 Å². The van der Waals surface area contributed by atoms with Crippen LogP contribution in [-0.2, 0) is 24.0 Å². The lowest BCUT2D eigenvalue weighted by atomic mass is 10.1. The van der Waals surface area contributed by atoms with Gasteiger partial charge in [0.1, 0.15) is 17.9 Å². The van der Waals surface area contributed by atoms with Gasteiger partial charge in [-0.1, -0.05) is 0 Å². The SMILES string of the molecule is NCCCC(=O)N[C@@H](CCC(=O)CCCNC(=O)N[C@@H](CC(=O)O)C(=O)O)C(=O)O. The number of carboxylic acid groups (broad SMARTS) is 3. The maximum Gasteiger partial charge on any atom is 0.326 e. The Labute approximate surface area is 172 Å². The molecule has 0 aliphatic rings. The number of Topliss-reactive ketones (excluding diaryl/α,β-unsaturated/α-hetero) is 1. The van der Waals surface area contributed by atoms with E-state index in [4.69, 9.17) is 21.1 Å². The van der Waals surface area contributed by atoms with Crippen LogP contribution in [0.5, 0.6) is 0 Å². The first kappa shape index (κ1) is 26.8. The van der Waals surface area contributed by atoms with Crippen molar-refractivity contribution in [2.75, 3.05) is 13.1 Å². The van der Waals surface area contributed by atoms with E-state index in [0.29, 0.717) is 13.0 Å². The minimum atomic E-state index is -1.59. The fourth-order valence-corrected chi connectivity index (χ4v) is 2.29. The molecule has 0 rings (SSSR count). The van der Waals surface area contributed by atoms with E-state index < -0.39 is 48.4 Å². The maximum absolute atomic E-state index is 11.9. The summed E-state index contributed by atoms with van der Waals surface area (Å²) >= 11 is 0. The first-order chi connectivity index (χ1) is 14.1. The van der Waals surface area contributed by atoms with Gasteiger partial charge in [0.05, 0.1) is 6.42 Å². The van der Waals surface area contributed by atoms with Crippen LogP contribution in [-0.4, -0.2) is 76.1 Å². The zero-order valence-corrected chi connectivity index (χ0v) is 16.4. The highest BCUT2D eigenvalue weighted by molar-refractivity contribution is 5.86. The third-order valence-corrected chi connectivity index (χ3v) is 3.85. The third-order valence-electron chi connectivity index (χ3n) is 3.85. The molecule has 13 nitrogen and oxygen atoms in total. The van der Waals surface area contributed by atoms with Gasteiger partial charge >= 0.3 is 23.9 Å². The third kappa shape index (κ3) is 13.0. The average Bonchev–Trinajstić information content (AvgIpc) is 2.65. The molecule has 13 heteroatoms. The fraction of sp³-hybridized carbons (Fsp3) is 0.647. The quantitative estimate of drug-likeness (QED) is 0.142. The van der Waals surface area contributed by atoms with Crippen LogP contribution in [0.3, 0.4) is 0 Å². The number of rotatable bonds is 16. The summed E-state index contributed by atoms with van der Waals surface area (Å²) in [7, 11) is 0. The fourth-order valence-electron chi connectivity index (χ4n) is 2.29. The van der Waals surface area contributed by atoms with Crippen molar-refractivity contribution >= 4 is 35.6 Å². The lowest BCUT2D eigenvalue weighted by Gasteiger charge is -2.14. The summed E-state index contributed by atoms with van der Waals surface area (Å²) in [6.07, 6.45) is -0.187. The lowest BCUT2D eigenvalue weighted by Crippen LogP contribution is -2.47. The number of carbonyl (C=O) groups excluding carboxylic acids is 3. The number of ketones is 1. The number of amides is 3. The number of carbonyl (C=O) groups is 6. The number of hydrogen-bond acceptors (Lipinski definition) is 7. The van der Waals surface area contributed by atoms with Crippen molar-refractivity contribution in [1.29, 1.82) is 0 Å². The Balaban J connectivity index is 4.19. The van der Waals surface area contributed by atoms with E-state index in [1.165, 1.54) is 0 Å². The van der Waals surface area contributed by atoms with Crippen LogP contribution in [0.1, 0.15) is 44.9 Å². The molecule has 0 saturated carbocycles. The molecule has 0 heterocycles. The van der Waals surface area contributed by atoms with Gasteiger partial charge in [-0.3, -0.25) is 14.4 Å².